The van der Waals surface area contributed by atoms with Gasteiger partial charge < -0.3 is 24.8 Å². The van der Waals surface area contributed by atoms with Gasteiger partial charge in [-0.2, -0.15) is 0 Å². The van der Waals surface area contributed by atoms with Crippen molar-refractivity contribution >= 4 is 29.1 Å². The molecule has 1 unspecified atom stereocenters. The van der Waals surface area contributed by atoms with Crippen LogP contribution >= 0.6 is 0 Å². The number of carbonyl (C=O) groups excluding carboxylic acids is 3. The molecule has 0 spiro atoms. The first-order valence-corrected chi connectivity index (χ1v) is 12.8. The van der Waals surface area contributed by atoms with Crippen molar-refractivity contribution in [2.24, 2.45) is 0 Å². The maximum atomic E-state index is 13.5. The van der Waals surface area contributed by atoms with Crippen molar-refractivity contribution in [2.45, 2.75) is 19.0 Å². The number of carbonyl (C=O) groups is 3. The maximum absolute atomic E-state index is 13.5. The minimum atomic E-state index is -0.901. The van der Waals surface area contributed by atoms with Crippen molar-refractivity contribution in [2.75, 3.05) is 24.4 Å². The summed E-state index contributed by atoms with van der Waals surface area (Å²) in [6, 6.07) is 23.0. The number of likely N-dealkylation sites (N-methyl/N-ethyl adjacent to an activating group) is 1. The molecule has 3 amide bonds. The fourth-order valence-corrected chi connectivity index (χ4v) is 4.13. The molecule has 41 heavy (non-hydrogen) atoms. The molecule has 4 rings (SSSR count). The number of anilines is 2. The Morgan fingerprint density at radius 2 is 1.63 bits per heavy atom. The Labute approximate surface area is 236 Å². The van der Waals surface area contributed by atoms with Crippen LogP contribution in [0.1, 0.15) is 15.9 Å². The molecule has 10 heteroatoms. The Bertz CT molecular complexity index is 1570. The molecule has 0 saturated carbocycles. The van der Waals surface area contributed by atoms with Crippen molar-refractivity contribution in [3.63, 3.8) is 0 Å². The van der Waals surface area contributed by atoms with E-state index in [1.165, 1.54) is 39.9 Å². The molecule has 0 bridgehead atoms. The number of pyridine rings is 1. The van der Waals surface area contributed by atoms with E-state index in [0.29, 0.717) is 11.4 Å². The third kappa shape index (κ3) is 7.66. The van der Waals surface area contributed by atoms with Gasteiger partial charge >= 0.3 is 0 Å². The van der Waals surface area contributed by atoms with Crippen LogP contribution in [0.4, 0.5) is 15.8 Å². The summed E-state index contributed by atoms with van der Waals surface area (Å²) in [6.07, 6.45) is 1.62. The molecule has 0 fully saturated rings. The zero-order valence-corrected chi connectivity index (χ0v) is 22.5. The van der Waals surface area contributed by atoms with E-state index in [1.807, 2.05) is 30.3 Å². The van der Waals surface area contributed by atoms with Gasteiger partial charge in [0.2, 0.25) is 11.8 Å². The van der Waals surface area contributed by atoms with E-state index in [9.17, 15) is 23.6 Å². The van der Waals surface area contributed by atoms with Gasteiger partial charge in [-0.3, -0.25) is 19.2 Å². The lowest BCUT2D eigenvalue weighted by Gasteiger charge is -2.25. The van der Waals surface area contributed by atoms with Gasteiger partial charge in [0.15, 0.2) is 0 Å². The summed E-state index contributed by atoms with van der Waals surface area (Å²) in [5.74, 6) is -1.20. The number of hydrogen-bond donors (Lipinski definition) is 2. The predicted molar refractivity (Wildman–Crippen MR) is 154 cm³/mol. The third-order valence-corrected chi connectivity index (χ3v) is 6.38. The number of hydrogen-bond acceptors (Lipinski definition) is 5. The molecule has 1 aromatic heterocycles. The number of rotatable bonds is 10. The molecular formula is C31H29FN4O5. The molecule has 0 saturated heterocycles. The first kappa shape index (κ1) is 28.8. The maximum Gasteiger partial charge on any atom is 0.255 e. The van der Waals surface area contributed by atoms with Crippen LogP contribution in [0.3, 0.4) is 0 Å². The van der Waals surface area contributed by atoms with Gasteiger partial charge in [-0.1, -0.05) is 30.3 Å². The first-order chi connectivity index (χ1) is 19.7. The van der Waals surface area contributed by atoms with Crippen LogP contribution in [-0.2, 0) is 22.6 Å². The highest BCUT2D eigenvalue weighted by Crippen LogP contribution is 2.19. The van der Waals surface area contributed by atoms with Crippen molar-refractivity contribution in [1.82, 2.24) is 9.88 Å². The van der Waals surface area contributed by atoms with Crippen LogP contribution < -0.4 is 25.8 Å². The van der Waals surface area contributed by atoms with Crippen LogP contribution in [-0.4, -0.2) is 42.5 Å². The molecule has 210 valence electrons. The van der Waals surface area contributed by atoms with Crippen LogP contribution in [0.15, 0.2) is 102 Å². The molecule has 9 nitrogen and oxygen atoms in total. The topological polar surface area (TPSA) is 110 Å². The summed E-state index contributed by atoms with van der Waals surface area (Å²) in [4.78, 5) is 53.0. The average molecular weight is 557 g/mol. The number of amides is 3. The summed E-state index contributed by atoms with van der Waals surface area (Å²) >= 11 is 0. The average Bonchev–Trinajstić information content (AvgIpc) is 2.98. The summed E-state index contributed by atoms with van der Waals surface area (Å²) < 4.78 is 19.5. The summed E-state index contributed by atoms with van der Waals surface area (Å²) in [6.45, 7) is -0.337. The summed E-state index contributed by atoms with van der Waals surface area (Å²) in [7, 11) is 3.18. The number of methoxy groups -OCH3 is 1. The highest BCUT2D eigenvalue weighted by atomic mass is 19.1. The fourth-order valence-electron chi connectivity index (χ4n) is 4.13. The minimum Gasteiger partial charge on any atom is -0.497 e. The Morgan fingerprint density at radius 1 is 0.951 bits per heavy atom. The monoisotopic (exact) mass is 556 g/mol. The summed E-state index contributed by atoms with van der Waals surface area (Å²) in [5, 5.41) is 5.35. The van der Waals surface area contributed by atoms with Crippen LogP contribution in [0.5, 0.6) is 5.75 Å². The lowest BCUT2D eigenvalue weighted by Crippen LogP contribution is -2.50. The van der Waals surface area contributed by atoms with Crippen molar-refractivity contribution in [3.8, 4) is 5.75 Å². The van der Waals surface area contributed by atoms with Gasteiger partial charge in [-0.15, -0.1) is 0 Å². The molecule has 0 aliphatic carbocycles. The molecule has 0 aliphatic heterocycles. The smallest absolute Gasteiger partial charge is 0.255 e. The predicted octanol–water partition coefficient (Wildman–Crippen LogP) is 3.64. The minimum absolute atomic E-state index is 0.222. The highest BCUT2D eigenvalue weighted by Gasteiger charge is 2.25. The zero-order valence-electron chi connectivity index (χ0n) is 22.5. The van der Waals surface area contributed by atoms with Gasteiger partial charge in [0.1, 0.15) is 24.2 Å². The molecule has 1 heterocycles. The second-order valence-corrected chi connectivity index (χ2v) is 9.25. The van der Waals surface area contributed by atoms with Crippen molar-refractivity contribution in [3.05, 3.63) is 124 Å². The highest BCUT2D eigenvalue weighted by molar-refractivity contribution is 6.04. The van der Waals surface area contributed by atoms with Gasteiger partial charge in [0, 0.05) is 42.7 Å². The zero-order chi connectivity index (χ0) is 29.4. The van der Waals surface area contributed by atoms with E-state index >= 15 is 0 Å². The Morgan fingerprint density at radius 3 is 2.27 bits per heavy atom. The molecular weight excluding hydrogens is 527 g/mol. The normalized spacial score (nSPS) is 11.3. The Hall–Kier alpha value is -5.25. The lowest BCUT2D eigenvalue weighted by molar-refractivity contribution is -0.127. The second kappa shape index (κ2) is 13.2. The standard InChI is InChI=1S/C31H29FN4O5/c1-35(25-12-14-26(41-2)15-13-25)31(40)27(18-21-6-4-3-5-7-21)34-28(37)20-36-17-16-24(19-29(36)38)33-30(39)22-8-10-23(32)11-9-22/h3-17,19,27H,18,20H2,1-2H3,(H,33,39)(H,34,37). The van der Waals surface area contributed by atoms with Gasteiger partial charge in [-0.05, 0) is 60.2 Å². The van der Waals surface area contributed by atoms with Crippen LogP contribution in [0, 0.1) is 5.82 Å². The van der Waals surface area contributed by atoms with E-state index in [1.54, 1.807) is 38.4 Å². The fraction of sp³-hybridized carbons (Fsp3) is 0.161. The second-order valence-electron chi connectivity index (χ2n) is 9.25. The van der Waals surface area contributed by atoms with Gasteiger partial charge in [0.25, 0.3) is 11.5 Å². The molecule has 0 aliphatic rings. The molecule has 0 radical (unpaired) electrons. The number of benzene rings is 3. The van der Waals surface area contributed by atoms with E-state index in [2.05, 4.69) is 10.6 Å². The lowest BCUT2D eigenvalue weighted by atomic mass is 10.0. The Balaban J connectivity index is 1.45. The number of nitrogens with zero attached hydrogens (tertiary/aromatic N) is 2. The Kier molecular flexibility index (Phi) is 9.26. The SMILES string of the molecule is COc1ccc(N(C)C(=O)C(Cc2ccccc2)NC(=O)Cn2ccc(NC(=O)c3ccc(F)cc3)cc2=O)cc1. The van der Waals surface area contributed by atoms with E-state index < -0.39 is 29.2 Å². The van der Waals surface area contributed by atoms with E-state index in [4.69, 9.17) is 4.74 Å². The quantitative estimate of drug-likeness (QED) is 0.310. The largest absolute Gasteiger partial charge is 0.497 e. The van der Waals surface area contributed by atoms with Gasteiger partial charge in [0.05, 0.1) is 7.11 Å². The van der Waals surface area contributed by atoms with E-state index in [-0.39, 0.29) is 30.1 Å². The number of ether oxygens (including phenoxy) is 1. The van der Waals surface area contributed by atoms with Crippen LogP contribution in [0.25, 0.3) is 0 Å². The number of nitrogens with one attached hydrogen (secondary N) is 2. The molecule has 3 aromatic carbocycles. The first-order valence-electron chi connectivity index (χ1n) is 12.8. The summed E-state index contributed by atoms with van der Waals surface area (Å²) in [5.41, 5.74) is 1.39. The van der Waals surface area contributed by atoms with E-state index in [0.717, 1.165) is 17.7 Å². The van der Waals surface area contributed by atoms with Gasteiger partial charge in [-0.25, -0.2) is 4.39 Å². The molecule has 2 N–H and O–H groups in total. The molecule has 4 aromatic rings. The molecule has 1 atom stereocenters. The van der Waals surface area contributed by atoms with Crippen molar-refractivity contribution < 1.29 is 23.5 Å². The third-order valence-electron chi connectivity index (χ3n) is 6.38. The number of halogens is 1. The van der Waals surface area contributed by atoms with Crippen LogP contribution in [0.2, 0.25) is 0 Å². The number of aromatic nitrogens is 1. The van der Waals surface area contributed by atoms with Crippen molar-refractivity contribution in [1.29, 1.82) is 0 Å².